The van der Waals surface area contributed by atoms with Crippen LogP contribution in [0.2, 0.25) is 0 Å². The van der Waals surface area contributed by atoms with Gasteiger partial charge in [0.05, 0.1) is 33.7 Å². The molecular formula is C35H21N3. The van der Waals surface area contributed by atoms with Crippen molar-refractivity contribution in [2.75, 3.05) is 0 Å². The first-order valence-electron chi connectivity index (χ1n) is 12.8. The van der Waals surface area contributed by atoms with Gasteiger partial charge in [0, 0.05) is 32.9 Å². The summed E-state index contributed by atoms with van der Waals surface area (Å²) in [6.45, 7) is 0. The van der Waals surface area contributed by atoms with Crippen molar-refractivity contribution in [1.29, 1.82) is 5.26 Å². The highest BCUT2D eigenvalue weighted by Crippen LogP contribution is 2.37. The Hall–Kier alpha value is -5.33. The van der Waals surface area contributed by atoms with Gasteiger partial charge in [-0.25, -0.2) is 0 Å². The summed E-state index contributed by atoms with van der Waals surface area (Å²) in [4.78, 5) is 0. The molecule has 0 aliphatic heterocycles. The molecule has 0 unspecified atom stereocenters. The summed E-state index contributed by atoms with van der Waals surface area (Å²) >= 11 is 0. The molecule has 6 aromatic carbocycles. The molecule has 0 fully saturated rings. The quantitative estimate of drug-likeness (QED) is 0.242. The molecular weight excluding hydrogens is 462 g/mol. The molecule has 2 aromatic heterocycles. The number of benzene rings is 6. The molecule has 0 radical (unpaired) electrons. The van der Waals surface area contributed by atoms with Crippen LogP contribution in [0.4, 0.5) is 0 Å². The third-order valence-electron chi connectivity index (χ3n) is 7.67. The van der Waals surface area contributed by atoms with Crippen molar-refractivity contribution in [2.24, 2.45) is 0 Å². The van der Waals surface area contributed by atoms with Gasteiger partial charge in [0.15, 0.2) is 0 Å². The first kappa shape index (κ1) is 20.8. The van der Waals surface area contributed by atoms with Crippen molar-refractivity contribution < 1.29 is 0 Å². The Kier molecular flexibility index (Phi) is 4.29. The van der Waals surface area contributed by atoms with E-state index in [1.54, 1.807) is 0 Å². The van der Waals surface area contributed by atoms with E-state index >= 15 is 0 Å². The summed E-state index contributed by atoms with van der Waals surface area (Å²) in [6, 6.07) is 47.1. The second-order valence-corrected chi connectivity index (χ2v) is 9.79. The highest BCUT2D eigenvalue weighted by atomic mass is 15.0. The Balaban J connectivity index is 1.49. The molecule has 8 rings (SSSR count). The first-order chi connectivity index (χ1) is 18.8. The Morgan fingerprint density at radius 3 is 1.42 bits per heavy atom. The van der Waals surface area contributed by atoms with Gasteiger partial charge in [0.2, 0.25) is 0 Å². The van der Waals surface area contributed by atoms with Crippen molar-refractivity contribution in [3.63, 3.8) is 0 Å². The Bertz CT molecular complexity index is 2200. The topological polar surface area (TPSA) is 33.6 Å². The molecule has 0 atom stereocenters. The summed E-state index contributed by atoms with van der Waals surface area (Å²) in [7, 11) is 0. The van der Waals surface area contributed by atoms with Crippen LogP contribution in [0.3, 0.4) is 0 Å². The first-order valence-corrected chi connectivity index (χ1v) is 12.8. The standard InChI is InChI=1S/C35H21N3/c36-22-23-17-26(37-32-14-6-3-11-28(32)29-12-4-7-15-33(29)37)21-27(18-23)38-34-16-8-5-13-30(34)31-19-24-9-1-2-10-25(24)20-35(31)38/h1-21H. The minimum atomic E-state index is 0.631. The van der Waals surface area contributed by atoms with E-state index in [0.29, 0.717) is 5.56 Å². The minimum absolute atomic E-state index is 0.631. The molecule has 176 valence electrons. The molecule has 2 heterocycles. The van der Waals surface area contributed by atoms with Crippen LogP contribution in [-0.2, 0) is 0 Å². The molecule has 0 amide bonds. The summed E-state index contributed by atoms with van der Waals surface area (Å²) in [5.41, 5.74) is 7.09. The number of fused-ring (bicyclic) bond motifs is 7. The Morgan fingerprint density at radius 1 is 0.421 bits per heavy atom. The molecule has 38 heavy (non-hydrogen) atoms. The molecule has 8 aromatic rings. The number of aromatic nitrogens is 2. The fourth-order valence-electron chi connectivity index (χ4n) is 6.05. The smallest absolute Gasteiger partial charge is 0.0993 e. The molecule has 0 saturated carbocycles. The molecule has 0 N–H and O–H groups in total. The highest BCUT2D eigenvalue weighted by Gasteiger charge is 2.17. The number of para-hydroxylation sites is 3. The lowest BCUT2D eigenvalue weighted by Gasteiger charge is -2.14. The third-order valence-corrected chi connectivity index (χ3v) is 7.67. The van der Waals surface area contributed by atoms with Gasteiger partial charge in [-0.1, -0.05) is 78.9 Å². The highest BCUT2D eigenvalue weighted by molar-refractivity contribution is 6.14. The number of nitrogens with zero attached hydrogens (tertiary/aromatic N) is 3. The fourth-order valence-corrected chi connectivity index (χ4v) is 6.05. The number of nitriles is 1. The normalized spacial score (nSPS) is 11.7. The number of hydrogen-bond acceptors (Lipinski definition) is 1. The molecule has 0 saturated heterocycles. The molecule has 0 aliphatic rings. The van der Waals surface area contributed by atoms with Gasteiger partial charge in [0.1, 0.15) is 0 Å². The van der Waals surface area contributed by atoms with Crippen LogP contribution in [0.25, 0.3) is 65.8 Å². The van der Waals surface area contributed by atoms with E-state index in [0.717, 1.165) is 33.4 Å². The van der Waals surface area contributed by atoms with Crippen molar-refractivity contribution in [1.82, 2.24) is 9.13 Å². The molecule has 3 nitrogen and oxygen atoms in total. The second kappa shape index (κ2) is 7.83. The molecule has 3 heteroatoms. The van der Waals surface area contributed by atoms with Crippen LogP contribution in [-0.4, -0.2) is 9.13 Å². The lowest BCUT2D eigenvalue weighted by molar-refractivity contribution is 1.13. The van der Waals surface area contributed by atoms with Gasteiger partial charge >= 0.3 is 0 Å². The summed E-state index contributed by atoms with van der Waals surface area (Å²) in [5.74, 6) is 0. The van der Waals surface area contributed by atoms with Gasteiger partial charge in [-0.2, -0.15) is 5.26 Å². The van der Waals surface area contributed by atoms with E-state index in [1.165, 1.54) is 32.3 Å². The van der Waals surface area contributed by atoms with E-state index in [-0.39, 0.29) is 0 Å². The van der Waals surface area contributed by atoms with Gasteiger partial charge in [-0.15, -0.1) is 0 Å². The maximum absolute atomic E-state index is 10.1. The zero-order valence-corrected chi connectivity index (χ0v) is 20.5. The zero-order valence-electron chi connectivity index (χ0n) is 20.5. The van der Waals surface area contributed by atoms with E-state index in [4.69, 9.17) is 0 Å². The van der Waals surface area contributed by atoms with Crippen LogP contribution in [0.15, 0.2) is 127 Å². The van der Waals surface area contributed by atoms with Crippen molar-refractivity contribution in [2.45, 2.75) is 0 Å². The average Bonchev–Trinajstić information content (AvgIpc) is 3.48. The monoisotopic (exact) mass is 483 g/mol. The predicted octanol–water partition coefficient (Wildman–Crippen LogP) is 8.91. The second-order valence-electron chi connectivity index (χ2n) is 9.79. The summed E-state index contributed by atoms with van der Waals surface area (Å²) < 4.78 is 4.58. The number of hydrogen-bond donors (Lipinski definition) is 0. The summed E-state index contributed by atoms with van der Waals surface area (Å²) in [5, 5.41) is 17.3. The lowest BCUT2D eigenvalue weighted by Crippen LogP contribution is -2.00. The van der Waals surface area contributed by atoms with E-state index in [2.05, 4.69) is 130 Å². The van der Waals surface area contributed by atoms with Crippen LogP contribution >= 0.6 is 0 Å². The van der Waals surface area contributed by atoms with Crippen LogP contribution in [0, 0.1) is 11.3 Å². The van der Waals surface area contributed by atoms with Crippen LogP contribution < -0.4 is 0 Å². The van der Waals surface area contributed by atoms with Crippen molar-refractivity contribution in [3.8, 4) is 17.4 Å². The van der Waals surface area contributed by atoms with Gasteiger partial charge < -0.3 is 9.13 Å². The maximum atomic E-state index is 10.1. The van der Waals surface area contributed by atoms with E-state index in [9.17, 15) is 5.26 Å². The SMILES string of the molecule is N#Cc1cc(-n2c3ccccc3c3ccccc32)cc(-n2c3ccccc3c3cc4ccccc4cc32)c1. The Morgan fingerprint density at radius 2 is 0.868 bits per heavy atom. The maximum Gasteiger partial charge on any atom is 0.0993 e. The molecule has 0 bridgehead atoms. The summed E-state index contributed by atoms with van der Waals surface area (Å²) in [6.07, 6.45) is 0. The van der Waals surface area contributed by atoms with Crippen molar-refractivity contribution in [3.05, 3.63) is 133 Å². The Labute approximate surface area is 219 Å². The van der Waals surface area contributed by atoms with Crippen LogP contribution in [0.1, 0.15) is 5.56 Å². The average molecular weight is 484 g/mol. The molecule has 0 aliphatic carbocycles. The predicted molar refractivity (Wildman–Crippen MR) is 157 cm³/mol. The fraction of sp³-hybridized carbons (Fsp3) is 0. The van der Waals surface area contributed by atoms with Crippen molar-refractivity contribution >= 4 is 54.4 Å². The zero-order chi connectivity index (χ0) is 25.2. The molecule has 0 spiro atoms. The van der Waals surface area contributed by atoms with Gasteiger partial charge in [0.25, 0.3) is 0 Å². The van der Waals surface area contributed by atoms with Crippen LogP contribution in [0.5, 0.6) is 0 Å². The lowest BCUT2D eigenvalue weighted by atomic mass is 10.1. The number of rotatable bonds is 2. The largest absolute Gasteiger partial charge is 0.309 e. The minimum Gasteiger partial charge on any atom is -0.309 e. The van der Waals surface area contributed by atoms with E-state index < -0.39 is 0 Å². The van der Waals surface area contributed by atoms with Gasteiger partial charge in [-0.3, -0.25) is 0 Å². The van der Waals surface area contributed by atoms with E-state index in [1.807, 2.05) is 12.1 Å². The third kappa shape index (κ3) is 2.89. The van der Waals surface area contributed by atoms with Gasteiger partial charge in [-0.05, 0) is 59.3 Å².